The van der Waals surface area contributed by atoms with Crippen LogP contribution in [-0.2, 0) is 0 Å². The number of nitrogens with zero attached hydrogens (tertiary/aromatic N) is 2. The molecule has 0 fully saturated rings. The summed E-state index contributed by atoms with van der Waals surface area (Å²) in [5, 5.41) is 0. The van der Waals surface area contributed by atoms with Gasteiger partial charge >= 0.3 is 0 Å². The number of nitrogen functional groups attached to an aromatic ring is 1. The van der Waals surface area contributed by atoms with E-state index in [4.69, 9.17) is 10.5 Å². The van der Waals surface area contributed by atoms with Crippen LogP contribution >= 0.6 is 0 Å². The predicted octanol–water partition coefficient (Wildman–Crippen LogP) is 2.16. The standard InChI is InChI=1S/C11H11N3O/c1-8-6-9(2-3-10(8)12)15-11-4-5-13-7-14-11/h2-7H,12H2,1H3. The number of hydrogen-bond donors (Lipinski definition) is 1. The van der Waals surface area contributed by atoms with Crippen molar-refractivity contribution in [3.05, 3.63) is 42.4 Å². The van der Waals surface area contributed by atoms with E-state index in [2.05, 4.69) is 9.97 Å². The summed E-state index contributed by atoms with van der Waals surface area (Å²) in [6.07, 6.45) is 3.08. The third-order valence-corrected chi connectivity index (χ3v) is 2.02. The maximum Gasteiger partial charge on any atom is 0.222 e. The first-order valence-corrected chi connectivity index (χ1v) is 4.56. The van der Waals surface area contributed by atoms with E-state index >= 15 is 0 Å². The number of nitrogens with two attached hydrogens (primary N) is 1. The molecule has 0 atom stereocenters. The molecule has 1 aromatic heterocycles. The van der Waals surface area contributed by atoms with Gasteiger partial charge in [0.1, 0.15) is 12.1 Å². The Hall–Kier alpha value is -2.10. The number of ether oxygens (including phenoxy) is 1. The lowest BCUT2D eigenvalue weighted by atomic mass is 10.2. The summed E-state index contributed by atoms with van der Waals surface area (Å²) in [4.78, 5) is 7.77. The third kappa shape index (κ3) is 2.22. The van der Waals surface area contributed by atoms with Crippen LogP contribution in [0.15, 0.2) is 36.8 Å². The molecule has 2 aromatic rings. The molecule has 0 saturated carbocycles. The first kappa shape index (κ1) is 9.45. The summed E-state index contributed by atoms with van der Waals surface area (Å²) < 4.78 is 5.51. The van der Waals surface area contributed by atoms with Crippen LogP contribution in [-0.4, -0.2) is 9.97 Å². The largest absolute Gasteiger partial charge is 0.439 e. The Labute approximate surface area is 87.7 Å². The SMILES string of the molecule is Cc1cc(Oc2ccncn2)ccc1N. The molecule has 0 aliphatic carbocycles. The minimum Gasteiger partial charge on any atom is -0.439 e. The lowest BCUT2D eigenvalue weighted by molar-refractivity contribution is 0.461. The molecule has 0 unspecified atom stereocenters. The predicted molar refractivity (Wildman–Crippen MR) is 57.7 cm³/mol. The number of rotatable bonds is 2. The molecule has 0 amide bonds. The van der Waals surface area contributed by atoms with E-state index < -0.39 is 0 Å². The third-order valence-electron chi connectivity index (χ3n) is 2.02. The minimum atomic E-state index is 0.522. The summed E-state index contributed by atoms with van der Waals surface area (Å²) in [5.74, 6) is 1.24. The fraction of sp³-hybridized carbons (Fsp3) is 0.0909. The van der Waals surface area contributed by atoms with Crippen LogP contribution in [0.2, 0.25) is 0 Å². The van der Waals surface area contributed by atoms with Crippen LogP contribution in [0.5, 0.6) is 11.6 Å². The van der Waals surface area contributed by atoms with Crippen LogP contribution in [0, 0.1) is 6.92 Å². The van der Waals surface area contributed by atoms with Crippen LogP contribution in [0.1, 0.15) is 5.56 Å². The topological polar surface area (TPSA) is 61.0 Å². The van der Waals surface area contributed by atoms with Crippen molar-refractivity contribution in [1.29, 1.82) is 0 Å². The number of benzene rings is 1. The summed E-state index contributed by atoms with van der Waals surface area (Å²) >= 11 is 0. The van der Waals surface area contributed by atoms with E-state index in [0.717, 1.165) is 17.0 Å². The summed E-state index contributed by atoms with van der Waals surface area (Å²) in [7, 11) is 0. The van der Waals surface area contributed by atoms with Crippen molar-refractivity contribution in [2.45, 2.75) is 6.92 Å². The Morgan fingerprint density at radius 3 is 2.80 bits per heavy atom. The van der Waals surface area contributed by atoms with Gasteiger partial charge in [0.25, 0.3) is 0 Å². The van der Waals surface area contributed by atoms with E-state index in [-0.39, 0.29) is 0 Å². The van der Waals surface area contributed by atoms with Gasteiger partial charge < -0.3 is 10.5 Å². The van der Waals surface area contributed by atoms with Gasteiger partial charge in [0.15, 0.2) is 0 Å². The zero-order valence-corrected chi connectivity index (χ0v) is 8.34. The molecule has 0 aliphatic heterocycles. The fourth-order valence-electron chi connectivity index (χ4n) is 1.17. The van der Waals surface area contributed by atoms with E-state index in [0.29, 0.717) is 5.88 Å². The number of anilines is 1. The highest BCUT2D eigenvalue weighted by Gasteiger charge is 1.99. The molecule has 15 heavy (non-hydrogen) atoms. The highest BCUT2D eigenvalue weighted by Crippen LogP contribution is 2.22. The molecule has 1 heterocycles. The fourth-order valence-corrected chi connectivity index (χ4v) is 1.17. The van der Waals surface area contributed by atoms with Crippen molar-refractivity contribution >= 4 is 5.69 Å². The molecule has 2 N–H and O–H groups in total. The zero-order valence-electron chi connectivity index (χ0n) is 8.34. The average molecular weight is 201 g/mol. The van der Waals surface area contributed by atoms with Gasteiger partial charge in [0, 0.05) is 18.0 Å². The lowest BCUT2D eigenvalue weighted by Gasteiger charge is -2.06. The Kier molecular flexibility index (Phi) is 2.49. The van der Waals surface area contributed by atoms with Gasteiger partial charge in [-0.1, -0.05) is 0 Å². The molecule has 2 rings (SSSR count). The van der Waals surface area contributed by atoms with Crippen molar-refractivity contribution in [1.82, 2.24) is 9.97 Å². The summed E-state index contributed by atoms with van der Waals surface area (Å²) in [5.41, 5.74) is 7.44. The maximum absolute atomic E-state index is 5.70. The van der Waals surface area contributed by atoms with Gasteiger partial charge in [-0.25, -0.2) is 9.97 Å². The molecule has 0 saturated heterocycles. The smallest absolute Gasteiger partial charge is 0.222 e. The Morgan fingerprint density at radius 2 is 2.13 bits per heavy atom. The number of aromatic nitrogens is 2. The van der Waals surface area contributed by atoms with Gasteiger partial charge in [-0.2, -0.15) is 0 Å². The maximum atomic E-state index is 5.70. The molecule has 76 valence electrons. The van der Waals surface area contributed by atoms with Crippen LogP contribution in [0.25, 0.3) is 0 Å². The van der Waals surface area contributed by atoms with E-state index in [1.54, 1.807) is 12.3 Å². The molecule has 0 bridgehead atoms. The Balaban J connectivity index is 2.22. The van der Waals surface area contributed by atoms with Crippen molar-refractivity contribution < 1.29 is 4.74 Å². The van der Waals surface area contributed by atoms with Gasteiger partial charge in [-0.15, -0.1) is 0 Å². The van der Waals surface area contributed by atoms with Gasteiger partial charge in [0.05, 0.1) is 0 Å². The molecule has 0 spiro atoms. The number of hydrogen-bond acceptors (Lipinski definition) is 4. The van der Waals surface area contributed by atoms with Crippen molar-refractivity contribution in [3.63, 3.8) is 0 Å². The van der Waals surface area contributed by atoms with Crippen LogP contribution in [0.3, 0.4) is 0 Å². The monoisotopic (exact) mass is 201 g/mol. The molecule has 0 radical (unpaired) electrons. The van der Waals surface area contributed by atoms with Gasteiger partial charge in [-0.3, -0.25) is 0 Å². The second-order valence-electron chi connectivity index (χ2n) is 3.17. The molecular formula is C11H11N3O. The molecule has 0 aliphatic rings. The second-order valence-corrected chi connectivity index (χ2v) is 3.17. The van der Waals surface area contributed by atoms with Gasteiger partial charge in [-0.05, 0) is 30.7 Å². The molecule has 4 nitrogen and oxygen atoms in total. The minimum absolute atomic E-state index is 0.522. The first-order chi connectivity index (χ1) is 7.25. The molecule has 1 aromatic carbocycles. The summed E-state index contributed by atoms with van der Waals surface area (Å²) in [6.45, 7) is 1.93. The highest BCUT2D eigenvalue weighted by molar-refractivity contribution is 5.50. The average Bonchev–Trinajstić information content (AvgIpc) is 2.25. The van der Waals surface area contributed by atoms with E-state index in [1.165, 1.54) is 6.33 Å². The molecule has 4 heteroatoms. The first-order valence-electron chi connectivity index (χ1n) is 4.56. The van der Waals surface area contributed by atoms with E-state index in [9.17, 15) is 0 Å². The van der Waals surface area contributed by atoms with Crippen LogP contribution < -0.4 is 10.5 Å². The Bertz CT molecular complexity index is 457. The van der Waals surface area contributed by atoms with Gasteiger partial charge in [0.2, 0.25) is 5.88 Å². The van der Waals surface area contributed by atoms with Crippen LogP contribution in [0.4, 0.5) is 5.69 Å². The quantitative estimate of drug-likeness (QED) is 0.756. The van der Waals surface area contributed by atoms with E-state index in [1.807, 2.05) is 25.1 Å². The second kappa shape index (κ2) is 3.96. The normalized spacial score (nSPS) is 9.93. The summed E-state index contributed by atoms with van der Waals surface area (Å²) in [6, 6.07) is 7.19. The van der Waals surface area contributed by atoms with Crippen molar-refractivity contribution in [2.24, 2.45) is 0 Å². The zero-order chi connectivity index (χ0) is 10.7. The lowest BCUT2D eigenvalue weighted by Crippen LogP contribution is -1.92. The molecular weight excluding hydrogens is 190 g/mol. The highest BCUT2D eigenvalue weighted by atomic mass is 16.5. The Morgan fingerprint density at radius 1 is 1.27 bits per heavy atom. The van der Waals surface area contributed by atoms with Crippen molar-refractivity contribution in [3.8, 4) is 11.6 Å². The van der Waals surface area contributed by atoms with Crippen molar-refractivity contribution in [2.75, 3.05) is 5.73 Å². The number of aryl methyl sites for hydroxylation is 1.